The minimum atomic E-state index is -0.186. The molecular weight excluding hydrogens is 166 g/mol. The molecule has 4 nitrogen and oxygen atoms in total. The smallest absolute Gasteiger partial charge is 0.319 e. The van der Waals surface area contributed by atoms with Gasteiger partial charge in [0.2, 0.25) is 0 Å². The Labute approximate surface area is 76.1 Å². The van der Waals surface area contributed by atoms with Crippen molar-refractivity contribution >= 4 is 11.7 Å². The highest BCUT2D eigenvalue weighted by Gasteiger charge is 2.21. The lowest BCUT2D eigenvalue weighted by molar-refractivity contribution is 0.247. The van der Waals surface area contributed by atoms with E-state index in [-0.39, 0.29) is 12.1 Å². The maximum atomic E-state index is 11.1. The van der Waals surface area contributed by atoms with Gasteiger partial charge < -0.3 is 16.4 Å². The van der Waals surface area contributed by atoms with Crippen molar-refractivity contribution in [2.24, 2.45) is 5.73 Å². The van der Waals surface area contributed by atoms with Gasteiger partial charge in [-0.1, -0.05) is 18.2 Å². The second-order valence-electron chi connectivity index (χ2n) is 2.97. The summed E-state index contributed by atoms with van der Waals surface area (Å²) in [5.74, 6) is 0. The van der Waals surface area contributed by atoms with Crippen LogP contribution in [0.25, 0.3) is 0 Å². The lowest BCUT2D eigenvalue weighted by Gasteiger charge is -2.25. The van der Waals surface area contributed by atoms with Crippen LogP contribution in [-0.2, 0) is 0 Å². The summed E-state index contributed by atoms with van der Waals surface area (Å²) in [7, 11) is 0. The molecule has 1 aromatic carbocycles. The third-order valence-corrected chi connectivity index (χ3v) is 2.13. The molecule has 4 N–H and O–H groups in total. The van der Waals surface area contributed by atoms with Gasteiger partial charge >= 0.3 is 6.03 Å². The zero-order valence-corrected chi connectivity index (χ0v) is 7.08. The minimum absolute atomic E-state index is 0.0649. The van der Waals surface area contributed by atoms with Crippen molar-refractivity contribution in [1.82, 2.24) is 5.32 Å². The molecular formula is C9H11N3O. The van der Waals surface area contributed by atoms with Gasteiger partial charge in [-0.15, -0.1) is 0 Å². The third-order valence-electron chi connectivity index (χ3n) is 2.13. The summed E-state index contributed by atoms with van der Waals surface area (Å²) >= 11 is 0. The fourth-order valence-corrected chi connectivity index (χ4v) is 1.49. The van der Waals surface area contributed by atoms with Gasteiger partial charge in [-0.05, 0) is 11.6 Å². The number of fused-ring (bicyclic) bond motifs is 1. The van der Waals surface area contributed by atoms with Gasteiger partial charge in [-0.3, -0.25) is 0 Å². The van der Waals surface area contributed by atoms with E-state index in [9.17, 15) is 4.79 Å². The van der Waals surface area contributed by atoms with Crippen molar-refractivity contribution in [1.29, 1.82) is 0 Å². The molecule has 0 aromatic heterocycles. The van der Waals surface area contributed by atoms with Crippen LogP contribution >= 0.6 is 0 Å². The highest BCUT2D eigenvalue weighted by atomic mass is 16.2. The molecule has 0 bridgehead atoms. The summed E-state index contributed by atoms with van der Waals surface area (Å²) < 4.78 is 0. The summed E-state index contributed by atoms with van der Waals surface area (Å²) in [5, 5.41) is 5.47. The first-order chi connectivity index (χ1) is 6.31. The van der Waals surface area contributed by atoms with Crippen LogP contribution in [0.2, 0.25) is 0 Å². The summed E-state index contributed by atoms with van der Waals surface area (Å²) in [6.45, 7) is 0.421. The fraction of sp³-hybridized carbons (Fsp3) is 0.222. The summed E-state index contributed by atoms with van der Waals surface area (Å²) in [6.07, 6.45) is 0. The van der Waals surface area contributed by atoms with Crippen LogP contribution in [0.15, 0.2) is 24.3 Å². The van der Waals surface area contributed by atoms with Gasteiger partial charge in [0.25, 0.3) is 0 Å². The molecule has 0 saturated carbocycles. The average Bonchev–Trinajstić information content (AvgIpc) is 2.16. The Morgan fingerprint density at radius 2 is 2.15 bits per heavy atom. The van der Waals surface area contributed by atoms with Crippen LogP contribution in [0.3, 0.4) is 0 Å². The monoisotopic (exact) mass is 177 g/mol. The van der Waals surface area contributed by atoms with Gasteiger partial charge in [0.15, 0.2) is 0 Å². The first-order valence-corrected chi connectivity index (χ1v) is 4.18. The third kappa shape index (κ3) is 1.36. The number of anilines is 1. The van der Waals surface area contributed by atoms with E-state index in [1.807, 2.05) is 24.3 Å². The Morgan fingerprint density at radius 1 is 1.38 bits per heavy atom. The zero-order valence-electron chi connectivity index (χ0n) is 7.08. The molecule has 0 fully saturated rings. The molecule has 13 heavy (non-hydrogen) atoms. The van der Waals surface area contributed by atoms with E-state index in [0.29, 0.717) is 6.54 Å². The Morgan fingerprint density at radius 3 is 2.92 bits per heavy atom. The average molecular weight is 177 g/mol. The SMILES string of the molecule is NCC1NC(=O)Nc2ccccc21. The molecule has 2 amide bonds. The summed E-state index contributed by atoms with van der Waals surface area (Å²) in [4.78, 5) is 11.1. The molecule has 1 aliphatic heterocycles. The number of carbonyl (C=O) groups is 1. The Hall–Kier alpha value is -1.55. The first kappa shape index (κ1) is 8.07. The second kappa shape index (κ2) is 3.06. The van der Waals surface area contributed by atoms with Crippen LogP contribution in [0.5, 0.6) is 0 Å². The summed E-state index contributed by atoms with van der Waals surface area (Å²) in [5.41, 5.74) is 7.43. The number of urea groups is 1. The number of carbonyl (C=O) groups excluding carboxylic acids is 1. The zero-order chi connectivity index (χ0) is 9.26. The standard InChI is InChI=1S/C9H11N3O/c10-5-8-6-3-1-2-4-7(6)11-9(13)12-8/h1-4,8H,5,10H2,(H2,11,12,13). The van der Waals surface area contributed by atoms with E-state index in [1.54, 1.807) is 0 Å². The summed E-state index contributed by atoms with van der Waals surface area (Å²) in [6, 6.07) is 7.40. The van der Waals surface area contributed by atoms with Crippen molar-refractivity contribution in [3.63, 3.8) is 0 Å². The normalized spacial score (nSPS) is 20.1. The Balaban J connectivity index is 2.42. The van der Waals surface area contributed by atoms with E-state index in [2.05, 4.69) is 10.6 Å². The number of rotatable bonds is 1. The molecule has 1 unspecified atom stereocenters. The number of amides is 2. The minimum Gasteiger partial charge on any atom is -0.330 e. The molecule has 1 atom stereocenters. The molecule has 0 spiro atoms. The lowest BCUT2D eigenvalue weighted by atomic mass is 10.0. The van der Waals surface area contributed by atoms with Gasteiger partial charge in [0.05, 0.1) is 6.04 Å². The van der Waals surface area contributed by atoms with Crippen LogP contribution in [0.4, 0.5) is 10.5 Å². The van der Waals surface area contributed by atoms with Crippen molar-refractivity contribution in [2.75, 3.05) is 11.9 Å². The maximum absolute atomic E-state index is 11.1. The van der Waals surface area contributed by atoms with E-state index >= 15 is 0 Å². The number of hydrogen-bond acceptors (Lipinski definition) is 2. The number of para-hydroxylation sites is 1. The van der Waals surface area contributed by atoms with Crippen molar-refractivity contribution in [2.45, 2.75) is 6.04 Å². The predicted molar refractivity (Wildman–Crippen MR) is 50.4 cm³/mol. The molecule has 0 aliphatic carbocycles. The van der Waals surface area contributed by atoms with Gasteiger partial charge in [-0.2, -0.15) is 0 Å². The predicted octanol–water partition coefficient (Wildman–Crippen LogP) is 0.821. The number of nitrogens with one attached hydrogen (secondary N) is 2. The first-order valence-electron chi connectivity index (χ1n) is 4.18. The Bertz CT molecular complexity index is 337. The molecule has 1 heterocycles. The molecule has 1 aromatic rings. The fourth-order valence-electron chi connectivity index (χ4n) is 1.49. The quantitative estimate of drug-likeness (QED) is 0.594. The van der Waals surface area contributed by atoms with Crippen molar-refractivity contribution in [3.05, 3.63) is 29.8 Å². The highest BCUT2D eigenvalue weighted by Crippen LogP contribution is 2.25. The number of benzene rings is 1. The van der Waals surface area contributed by atoms with Gasteiger partial charge in [0.1, 0.15) is 0 Å². The molecule has 1 aliphatic rings. The van der Waals surface area contributed by atoms with E-state index in [1.165, 1.54) is 0 Å². The Kier molecular flexibility index (Phi) is 1.90. The van der Waals surface area contributed by atoms with Gasteiger partial charge in [0, 0.05) is 12.2 Å². The molecule has 68 valence electrons. The van der Waals surface area contributed by atoms with Crippen LogP contribution in [0, 0.1) is 0 Å². The van der Waals surface area contributed by atoms with Gasteiger partial charge in [-0.25, -0.2) is 4.79 Å². The van der Waals surface area contributed by atoms with Crippen LogP contribution < -0.4 is 16.4 Å². The largest absolute Gasteiger partial charge is 0.330 e. The molecule has 2 rings (SSSR count). The number of hydrogen-bond donors (Lipinski definition) is 3. The lowest BCUT2D eigenvalue weighted by Crippen LogP contribution is -2.40. The molecule has 0 radical (unpaired) electrons. The second-order valence-corrected chi connectivity index (χ2v) is 2.97. The highest BCUT2D eigenvalue weighted by molar-refractivity contribution is 5.92. The van der Waals surface area contributed by atoms with E-state index in [4.69, 9.17) is 5.73 Å². The molecule has 0 saturated heterocycles. The number of nitrogens with two attached hydrogens (primary N) is 1. The molecule has 4 heteroatoms. The van der Waals surface area contributed by atoms with E-state index < -0.39 is 0 Å². The van der Waals surface area contributed by atoms with Crippen LogP contribution in [0.1, 0.15) is 11.6 Å². The van der Waals surface area contributed by atoms with E-state index in [0.717, 1.165) is 11.3 Å². The van der Waals surface area contributed by atoms with Crippen molar-refractivity contribution in [3.8, 4) is 0 Å². The topological polar surface area (TPSA) is 67.1 Å². The maximum Gasteiger partial charge on any atom is 0.319 e. The van der Waals surface area contributed by atoms with Crippen molar-refractivity contribution < 1.29 is 4.79 Å². The van der Waals surface area contributed by atoms with Crippen LogP contribution in [-0.4, -0.2) is 12.6 Å².